The summed E-state index contributed by atoms with van der Waals surface area (Å²) in [5.41, 5.74) is 7.33. The molecule has 1 aromatic heterocycles. The fourth-order valence-corrected chi connectivity index (χ4v) is 3.35. The molecule has 1 nitrogen and oxygen atoms in total. The second-order valence-corrected chi connectivity index (χ2v) is 6.71. The summed E-state index contributed by atoms with van der Waals surface area (Å²) in [6.45, 7) is 2.15. The van der Waals surface area contributed by atoms with E-state index in [1.807, 2.05) is 23.9 Å². The van der Waals surface area contributed by atoms with Crippen molar-refractivity contribution < 1.29 is 0 Å². The van der Waals surface area contributed by atoms with E-state index in [-0.39, 0.29) is 6.04 Å². The maximum atomic E-state index is 6.20. The molecule has 0 amide bonds. The van der Waals surface area contributed by atoms with Gasteiger partial charge < -0.3 is 5.73 Å². The second kappa shape index (κ2) is 5.91. The monoisotopic (exact) mass is 283 g/mol. The van der Waals surface area contributed by atoms with Crippen LogP contribution < -0.4 is 5.73 Å². The number of thioether (sulfide) groups is 1. The van der Waals surface area contributed by atoms with Gasteiger partial charge in [0.1, 0.15) is 0 Å². The third-order valence-electron chi connectivity index (χ3n) is 2.45. The first-order valence-corrected chi connectivity index (χ1v) is 7.62. The summed E-state index contributed by atoms with van der Waals surface area (Å²) in [5, 5.41) is 0. The molecule has 90 valence electrons. The summed E-state index contributed by atoms with van der Waals surface area (Å²) in [6, 6.07) is 12.2. The van der Waals surface area contributed by atoms with Crippen LogP contribution in [-0.2, 0) is 0 Å². The first kappa shape index (κ1) is 13.0. The van der Waals surface area contributed by atoms with Crippen LogP contribution in [-0.4, -0.2) is 5.75 Å². The van der Waals surface area contributed by atoms with Crippen LogP contribution in [0, 0.1) is 0 Å². The summed E-state index contributed by atoms with van der Waals surface area (Å²) < 4.78 is 0.786. The third-order valence-corrected chi connectivity index (χ3v) is 4.66. The summed E-state index contributed by atoms with van der Waals surface area (Å²) in [4.78, 5) is 2.39. The van der Waals surface area contributed by atoms with E-state index in [9.17, 15) is 0 Å². The number of hydrogen-bond donors (Lipinski definition) is 1. The maximum absolute atomic E-state index is 6.20. The molecule has 1 heterocycles. The molecule has 0 aliphatic rings. The first-order chi connectivity index (χ1) is 8.20. The van der Waals surface area contributed by atoms with Crippen LogP contribution in [0.3, 0.4) is 0 Å². The Labute approximate surface area is 115 Å². The largest absolute Gasteiger partial charge is 0.320 e. The number of hydrogen-bond acceptors (Lipinski definition) is 3. The highest BCUT2D eigenvalue weighted by Crippen LogP contribution is 2.30. The van der Waals surface area contributed by atoms with Gasteiger partial charge in [-0.3, -0.25) is 0 Å². The normalized spacial score (nSPS) is 12.6. The second-order valence-electron chi connectivity index (χ2n) is 3.62. The van der Waals surface area contributed by atoms with Gasteiger partial charge >= 0.3 is 0 Å². The predicted molar refractivity (Wildman–Crippen MR) is 78.2 cm³/mol. The van der Waals surface area contributed by atoms with Crippen molar-refractivity contribution in [3.8, 4) is 0 Å². The van der Waals surface area contributed by atoms with Gasteiger partial charge in [0.15, 0.2) is 0 Å². The average molecular weight is 284 g/mol. The number of halogens is 1. The highest BCUT2D eigenvalue weighted by Gasteiger charge is 2.11. The van der Waals surface area contributed by atoms with Crippen LogP contribution >= 0.6 is 34.7 Å². The van der Waals surface area contributed by atoms with E-state index >= 15 is 0 Å². The zero-order valence-corrected chi connectivity index (χ0v) is 11.9. The average Bonchev–Trinajstić information content (AvgIpc) is 2.76. The van der Waals surface area contributed by atoms with Crippen LogP contribution in [0.1, 0.15) is 23.4 Å². The summed E-state index contributed by atoms with van der Waals surface area (Å²) in [5.74, 6) is 1.09. The zero-order valence-electron chi connectivity index (χ0n) is 9.52. The molecule has 1 aromatic carbocycles. The Bertz CT molecular complexity index is 478. The quantitative estimate of drug-likeness (QED) is 0.833. The predicted octanol–water partition coefficient (Wildman–Crippen LogP) is 4.56. The number of nitrogens with two attached hydrogens (primary N) is 1. The lowest BCUT2D eigenvalue weighted by atomic mass is 10.1. The topological polar surface area (TPSA) is 26.0 Å². The molecule has 1 atom stereocenters. The van der Waals surface area contributed by atoms with Crippen LogP contribution in [0.25, 0.3) is 0 Å². The molecular weight excluding hydrogens is 270 g/mol. The fraction of sp³-hybridized carbons (Fsp3) is 0.231. The molecule has 2 rings (SSSR count). The molecule has 0 aliphatic carbocycles. The maximum Gasteiger partial charge on any atom is 0.0931 e. The molecule has 1 unspecified atom stereocenters. The Morgan fingerprint density at radius 2 is 1.94 bits per heavy atom. The highest BCUT2D eigenvalue weighted by molar-refractivity contribution is 7.99. The Kier molecular flexibility index (Phi) is 4.51. The van der Waals surface area contributed by atoms with Crippen molar-refractivity contribution in [1.82, 2.24) is 0 Å². The first-order valence-electron chi connectivity index (χ1n) is 5.44. The van der Waals surface area contributed by atoms with E-state index < -0.39 is 0 Å². The molecule has 0 saturated carbocycles. The molecule has 2 aromatic rings. The molecule has 0 saturated heterocycles. The van der Waals surface area contributed by atoms with Crippen molar-refractivity contribution in [2.24, 2.45) is 5.73 Å². The summed E-state index contributed by atoms with van der Waals surface area (Å²) in [7, 11) is 0. The van der Waals surface area contributed by atoms with E-state index in [2.05, 4.69) is 31.2 Å². The van der Waals surface area contributed by atoms with Crippen molar-refractivity contribution in [1.29, 1.82) is 0 Å². The lowest BCUT2D eigenvalue weighted by Gasteiger charge is -2.10. The lowest BCUT2D eigenvalue weighted by molar-refractivity contribution is 0.891. The molecule has 17 heavy (non-hydrogen) atoms. The standard InChI is InChI=1S/C13H14ClNS2/c1-2-16-10-5-3-9(4-6-10)13(15)11-7-8-12(14)17-11/h3-8,13H,2,15H2,1H3. The van der Waals surface area contributed by atoms with Gasteiger partial charge in [0.05, 0.1) is 10.4 Å². The number of benzene rings is 1. The van der Waals surface area contributed by atoms with Gasteiger partial charge in [-0.15, -0.1) is 23.1 Å². The van der Waals surface area contributed by atoms with Gasteiger partial charge in [0, 0.05) is 9.77 Å². The highest BCUT2D eigenvalue weighted by atomic mass is 35.5. The van der Waals surface area contributed by atoms with Crippen molar-refractivity contribution in [2.45, 2.75) is 17.9 Å². The van der Waals surface area contributed by atoms with Crippen molar-refractivity contribution in [3.63, 3.8) is 0 Å². The fourth-order valence-electron chi connectivity index (χ4n) is 1.60. The van der Waals surface area contributed by atoms with Crippen molar-refractivity contribution >= 4 is 34.7 Å². The molecule has 0 spiro atoms. The van der Waals surface area contributed by atoms with Crippen LogP contribution in [0.15, 0.2) is 41.3 Å². The minimum absolute atomic E-state index is 0.0758. The minimum Gasteiger partial charge on any atom is -0.320 e. The Balaban J connectivity index is 2.16. The van der Waals surface area contributed by atoms with Crippen molar-refractivity contribution in [3.05, 3.63) is 51.2 Å². The summed E-state index contributed by atoms with van der Waals surface area (Å²) in [6.07, 6.45) is 0. The minimum atomic E-state index is -0.0758. The zero-order chi connectivity index (χ0) is 12.3. The van der Waals surface area contributed by atoms with E-state index in [0.717, 1.165) is 20.5 Å². The van der Waals surface area contributed by atoms with E-state index in [1.54, 1.807) is 11.3 Å². The van der Waals surface area contributed by atoms with E-state index in [0.29, 0.717) is 0 Å². The van der Waals surface area contributed by atoms with Crippen LogP contribution in [0.2, 0.25) is 4.34 Å². The molecule has 0 fully saturated rings. The molecule has 0 aliphatic heterocycles. The van der Waals surface area contributed by atoms with Gasteiger partial charge in [0.2, 0.25) is 0 Å². The van der Waals surface area contributed by atoms with Gasteiger partial charge in [-0.2, -0.15) is 0 Å². The van der Waals surface area contributed by atoms with E-state index in [4.69, 9.17) is 17.3 Å². The van der Waals surface area contributed by atoms with Gasteiger partial charge in [-0.25, -0.2) is 0 Å². The third kappa shape index (κ3) is 3.26. The summed E-state index contributed by atoms with van der Waals surface area (Å²) >= 11 is 9.29. The number of thiophene rings is 1. The molecular formula is C13H14ClNS2. The van der Waals surface area contributed by atoms with Crippen LogP contribution in [0.5, 0.6) is 0 Å². The molecule has 0 bridgehead atoms. The SMILES string of the molecule is CCSc1ccc(C(N)c2ccc(Cl)s2)cc1. The smallest absolute Gasteiger partial charge is 0.0931 e. The van der Waals surface area contributed by atoms with Crippen molar-refractivity contribution in [2.75, 3.05) is 5.75 Å². The lowest BCUT2D eigenvalue weighted by Crippen LogP contribution is -2.09. The van der Waals surface area contributed by atoms with E-state index in [1.165, 1.54) is 4.90 Å². The molecule has 4 heteroatoms. The van der Waals surface area contributed by atoms with Gasteiger partial charge in [-0.05, 0) is 35.6 Å². The Hall–Kier alpha value is -0.480. The van der Waals surface area contributed by atoms with Crippen LogP contribution in [0.4, 0.5) is 0 Å². The number of rotatable bonds is 4. The molecule has 0 radical (unpaired) electrons. The Morgan fingerprint density at radius 3 is 2.47 bits per heavy atom. The van der Waals surface area contributed by atoms with Gasteiger partial charge in [0.25, 0.3) is 0 Å². The molecule has 2 N–H and O–H groups in total. The van der Waals surface area contributed by atoms with Gasteiger partial charge in [-0.1, -0.05) is 30.7 Å². The Morgan fingerprint density at radius 1 is 1.24 bits per heavy atom.